The van der Waals surface area contributed by atoms with Crippen LogP contribution in [0.1, 0.15) is 58.0 Å². The van der Waals surface area contributed by atoms with Crippen LogP contribution in [0.4, 0.5) is 5.69 Å². The highest BCUT2D eigenvalue weighted by Gasteiger charge is 2.24. The number of piperidine rings is 1. The van der Waals surface area contributed by atoms with E-state index in [0.717, 1.165) is 24.8 Å². The molecule has 0 spiro atoms. The Bertz CT molecular complexity index is 1040. The van der Waals surface area contributed by atoms with Gasteiger partial charge in [0.25, 0.3) is 5.91 Å². The van der Waals surface area contributed by atoms with Crippen LogP contribution in [0.5, 0.6) is 0 Å². The van der Waals surface area contributed by atoms with Crippen LogP contribution in [0.2, 0.25) is 0 Å². The number of anilines is 1. The van der Waals surface area contributed by atoms with Crippen molar-refractivity contribution in [3.63, 3.8) is 0 Å². The lowest BCUT2D eigenvalue weighted by Gasteiger charge is -2.25. The molecular formula is C23H28N2O5S. The van der Waals surface area contributed by atoms with E-state index < -0.39 is 16.0 Å². The van der Waals surface area contributed by atoms with Gasteiger partial charge in [-0.15, -0.1) is 0 Å². The molecule has 166 valence electrons. The SMILES string of the molecule is CCOC(=O)c1ccc(C)c(NC(=O)c2ccc(CS(=O)(=O)N3CCCCC3)cc2)c1. The summed E-state index contributed by atoms with van der Waals surface area (Å²) in [6.45, 7) is 4.99. The molecule has 3 rings (SSSR count). The van der Waals surface area contributed by atoms with Gasteiger partial charge < -0.3 is 10.1 Å². The number of amides is 1. The van der Waals surface area contributed by atoms with Crippen molar-refractivity contribution in [3.8, 4) is 0 Å². The Morgan fingerprint density at radius 2 is 1.65 bits per heavy atom. The van der Waals surface area contributed by atoms with E-state index in [0.29, 0.717) is 35.5 Å². The molecule has 0 atom stereocenters. The zero-order chi connectivity index (χ0) is 22.4. The largest absolute Gasteiger partial charge is 0.462 e. The molecule has 0 aromatic heterocycles. The minimum atomic E-state index is -3.35. The van der Waals surface area contributed by atoms with Gasteiger partial charge in [0.2, 0.25) is 10.0 Å². The Kier molecular flexibility index (Phi) is 7.46. The molecule has 0 aliphatic carbocycles. The quantitative estimate of drug-likeness (QED) is 0.657. The van der Waals surface area contributed by atoms with Crippen LogP contribution in [0, 0.1) is 6.92 Å². The van der Waals surface area contributed by atoms with E-state index in [1.165, 1.54) is 0 Å². The highest BCUT2D eigenvalue weighted by atomic mass is 32.2. The van der Waals surface area contributed by atoms with Gasteiger partial charge in [0, 0.05) is 24.3 Å². The van der Waals surface area contributed by atoms with Crippen molar-refractivity contribution in [2.75, 3.05) is 25.0 Å². The number of nitrogens with zero attached hydrogens (tertiary/aromatic N) is 1. The Morgan fingerprint density at radius 1 is 1.00 bits per heavy atom. The molecule has 1 N–H and O–H groups in total. The molecule has 0 saturated carbocycles. The van der Waals surface area contributed by atoms with Crippen molar-refractivity contribution in [2.45, 2.75) is 38.9 Å². The number of hydrogen-bond donors (Lipinski definition) is 1. The topological polar surface area (TPSA) is 92.8 Å². The van der Waals surface area contributed by atoms with Crippen molar-refractivity contribution in [2.24, 2.45) is 0 Å². The van der Waals surface area contributed by atoms with Crippen LogP contribution in [-0.4, -0.2) is 44.3 Å². The highest BCUT2D eigenvalue weighted by Crippen LogP contribution is 2.20. The molecule has 0 radical (unpaired) electrons. The lowest BCUT2D eigenvalue weighted by atomic mass is 10.1. The summed E-state index contributed by atoms with van der Waals surface area (Å²) in [5.74, 6) is -0.859. The summed E-state index contributed by atoms with van der Waals surface area (Å²) in [5, 5.41) is 2.81. The van der Waals surface area contributed by atoms with E-state index in [1.807, 2.05) is 6.92 Å². The molecule has 0 unspecified atom stereocenters. The van der Waals surface area contributed by atoms with Crippen LogP contribution in [0.3, 0.4) is 0 Å². The Balaban J connectivity index is 1.68. The summed E-state index contributed by atoms with van der Waals surface area (Å²) in [5.41, 5.74) is 2.74. The van der Waals surface area contributed by atoms with E-state index in [-0.39, 0.29) is 18.3 Å². The van der Waals surface area contributed by atoms with Crippen LogP contribution < -0.4 is 5.32 Å². The first-order valence-electron chi connectivity index (χ1n) is 10.5. The average Bonchev–Trinajstić information content (AvgIpc) is 2.76. The Hall–Kier alpha value is -2.71. The first kappa shape index (κ1) is 23.0. The molecule has 1 aliphatic heterocycles. The molecule has 1 heterocycles. The lowest BCUT2D eigenvalue weighted by molar-refractivity contribution is 0.0526. The lowest BCUT2D eigenvalue weighted by Crippen LogP contribution is -2.36. The summed E-state index contributed by atoms with van der Waals surface area (Å²) in [7, 11) is -3.35. The number of ether oxygens (including phenoxy) is 1. The highest BCUT2D eigenvalue weighted by molar-refractivity contribution is 7.88. The number of benzene rings is 2. The van der Waals surface area contributed by atoms with Gasteiger partial charge in [0.15, 0.2) is 0 Å². The van der Waals surface area contributed by atoms with Gasteiger partial charge in [0.1, 0.15) is 0 Å². The maximum atomic E-state index is 12.7. The fraction of sp³-hybridized carbons (Fsp3) is 0.391. The molecule has 1 fully saturated rings. The summed E-state index contributed by atoms with van der Waals surface area (Å²) < 4.78 is 31.7. The smallest absolute Gasteiger partial charge is 0.338 e. The molecule has 2 aromatic carbocycles. The second kappa shape index (κ2) is 10.1. The maximum Gasteiger partial charge on any atom is 0.338 e. The standard InChI is InChI=1S/C23H28N2O5S/c1-3-30-23(27)20-10-7-17(2)21(15-20)24-22(26)19-11-8-18(9-12-19)16-31(28,29)25-13-5-4-6-14-25/h7-12,15H,3-6,13-14,16H2,1-2H3,(H,24,26). The number of aryl methyl sites for hydroxylation is 1. The average molecular weight is 445 g/mol. The molecule has 7 nitrogen and oxygen atoms in total. The van der Waals surface area contributed by atoms with Crippen LogP contribution in [-0.2, 0) is 20.5 Å². The maximum absolute atomic E-state index is 12.7. The van der Waals surface area contributed by atoms with E-state index in [9.17, 15) is 18.0 Å². The van der Waals surface area contributed by atoms with Crippen LogP contribution in [0.25, 0.3) is 0 Å². The van der Waals surface area contributed by atoms with Crippen molar-refractivity contribution >= 4 is 27.6 Å². The van der Waals surface area contributed by atoms with Gasteiger partial charge >= 0.3 is 5.97 Å². The van der Waals surface area contributed by atoms with Crippen LogP contribution in [0.15, 0.2) is 42.5 Å². The zero-order valence-corrected chi connectivity index (χ0v) is 18.7. The second-order valence-electron chi connectivity index (χ2n) is 7.62. The second-order valence-corrected chi connectivity index (χ2v) is 9.59. The first-order valence-corrected chi connectivity index (χ1v) is 12.1. The number of esters is 1. The van der Waals surface area contributed by atoms with Gasteiger partial charge in [-0.25, -0.2) is 17.5 Å². The van der Waals surface area contributed by atoms with Gasteiger partial charge in [0.05, 0.1) is 17.9 Å². The van der Waals surface area contributed by atoms with Gasteiger partial charge in [-0.05, 0) is 62.1 Å². The third-order valence-electron chi connectivity index (χ3n) is 5.27. The minimum absolute atomic E-state index is 0.0738. The molecule has 1 amide bonds. The van der Waals surface area contributed by atoms with Gasteiger partial charge in [-0.3, -0.25) is 4.79 Å². The number of sulfonamides is 1. The Labute approximate surface area is 183 Å². The molecule has 31 heavy (non-hydrogen) atoms. The number of rotatable bonds is 7. The van der Waals surface area contributed by atoms with E-state index >= 15 is 0 Å². The Morgan fingerprint density at radius 3 is 2.29 bits per heavy atom. The molecule has 1 saturated heterocycles. The summed E-state index contributed by atoms with van der Waals surface area (Å²) in [6, 6.07) is 11.5. The third-order valence-corrected chi connectivity index (χ3v) is 7.12. The predicted octanol–water partition coefficient (Wildman–Crippen LogP) is 3.74. The number of carbonyl (C=O) groups is 2. The first-order chi connectivity index (χ1) is 14.8. The van der Waals surface area contributed by atoms with Crippen LogP contribution >= 0.6 is 0 Å². The number of hydrogen-bond acceptors (Lipinski definition) is 5. The fourth-order valence-corrected chi connectivity index (χ4v) is 5.10. The minimum Gasteiger partial charge on any atom is -0.462 e. The van der Waals surface area contributed by atoms with E-state index in [2.05, 4.69) is 5.32 Å². The third kappa shape index (κ3) is 5.92. The van der Waals surface area contributed by atoms with Gasteiger partial charge in [-0.2, -0.15) is 0 Å². The number of carbonyl (C=O) groups excluding carboxylic acids is 2. The van der Waals surface area contributed by atoms with Crippen molar-refractivity contribution in [3.05, 3.63) is 64.7 Å². The van der Waals surface area contributed by atoms with Gasteiger partial charge in [-0.1, -0.05) is 24.6 Å². The van der Waals surface area contributed by atoms with Crippen molar-refractivity contribution in [1.82, 2.24) is 4.31 Å². The van der Waals surface area contributed by atoms with Crippen molar-refractivity contribution < 1.29 is 22.7 Å². The monoisotopic (exact) mass is 444 g/mol. The summed E-state index contributed by atoms with van der Waals surface area (Å²) >= 11 is 0. The van der Waals surface area contributed by atoms with Crippen molar-refractivity contribution in [1.29, 1.82) is 0 Å². The molecule has 2 aromatic rings. The molecular weight excluding hydrogens is 416 g/mol. The summed E-state index contributed by atoms with van der Waals surface area (Å²) in [6.07, 6.45) is 2.86. The summed E-state index contributed by atoms with van der Waals surface area (Å²) in [4.78, 5) is 24.6. The zero-order valence-electron chi connectivity index (χ0n) is 17.9. The normalized spacial score (nSPS) is 14.8. The van der Waals surface area contributed by atoms with E-state index in [1.54, 1.807) is 53.7 Å². The number of nitrogens with one attached hydrogen (secondary N) is 1. The molecule has 8 heteroatoms. The fourth-order valence-electron chi connectivity index (χ4n) is 3.49. The van der Waals surface area contributed by atoms with E-state index in [4.69, 9.17) is 4.74 Å². The molecule has 0 bridgehead atoms. The predicted molar refractivity (Wildman–Crippen MR) is 120 cm³/mol. The molecule has 1 aliphatic rings.